The lowest BCUT2D eigenvalue weighted by Gasteiger charge is -2.44. The van der Waals surface area contributed by atoms with Crippen LogP contribution in [0.1, 0.15) is 24.3 Å². The van der Waals surface area contributed by atoms with Crippen molar-refractivity contribution in [2.45, 2.75) is 18.8 Å². The molecule has 60 heavy (non-hydrogen) atoms. The Bertz CT molecular complexity index is 2470. The molecule has 2 aliphatic heterocycles. The van der Waals surface area contributed by atoms with Crippen molar-refractivity contribution in [3.8, 4) is 11.5 Å². The number of methoxy groups -OCH3 is 1. The zero-order chi connectivity index (χ0) is 44.0. The van der Waals surface area contributed by atoms with Crippen molar-refractivity contribution in [1.82, 2.24) is 0 Å². The van der Waals surface area contributed by atoms with Crippen LogP contribution in [-0.2, 0) is 19.2 Å². The van der Waals surface area contributed by atoms with E-state index in [1.807, 2.05) is 22.6 Å². The highest BCUT2D eigenvalue weighted by Gasteiger charge is 2.63. The molecular weight excluding hydrogens is 907 g/mol. The average molecular weight is 941 g/mol. The molecule has 312 valence electrons. The standard InChI is InChI=1S/C37H33IN8O14/c1-39(2)31-23(43(52)53)10-16(11-24(31)44(54)55)41-34(48)19-7-6-18-20(29(19)36(41)50)14-21-30(28(18)15-8-22(38)33(47)27(9-15)60-5)37(51)42(35(21)49)17-12-25(45(56)57)32(40(3)4)26(13-17)46(58)59/h6,8-13,19-21,28-30,47H,7,14H2,1-5H3. The Balaban J connectivity index is 1.39. The smallest absolute Gasteiger partial charge is 0.301 e. The van der Waals surface area contributed by atoms with Gasteiger partial charge in [-0.2, -0.15) is 0 Å². The Morgan fingerprint density at radius 3 is 1.52 bits per heavy atom. The lowest BCUT2D eigenvalue weighted by atomic mass is 9.57. The van der Waals surface area contributed by atoms with E-state index in [9.17, 15) is 64.7 Å². The second-order valence-corrected chi connectivity index (χ2v) is 16.2. The molecule has 2 heterocycles. The molecule has 6 unspecified atom stereocenters. The number of aromatic hydroxyl groups is 1. The maximum Gasteiger partial charge on any atom is 0.301 e. The number of anilines is 4. The third-order valence-corrected chi connectivity index (χ3v) is 12.4. The van der Waals surface area contributed by atoms with Crippen molar-refractivity contribution in [2.75, 3.05) is 54.9 Å². The summed E-state index contributed by atoms with van der Waals surface area (Å²) < 4.78 is 5.70. The summed E-state index contributed by atoms with van der Waals surface area (Å²) in [4.78, 5) is 107. The van der Waals surface area contributed by atoms with Gasteiger partial charge in [0, 0.05) is 58.4 Å². The van der Waals surface area contributed by atoms with Crippen molar-refractivity contribution in [3.05, 3.63) is 97.6 Å². The Morgan fingerprint density at radius 1 is 0.667 bits per heavy atom. The number of hydrogen-bond acceptors (Lipinski definition) is 16. The highest BCUT2D eigenvalue weighted by atomic mass is 127. The highest BCUT2D eigenvalue weighted by Crippen LogP contribution is 2.60. The van der Waals surface area contributed by atoms with Crippen LogP contribution in [0.2, 0.25) is 0 Å². The fourth-order valence-corrected chi connectivity index (χ4v) is 9.94. The van der Waals surface area contributed by atoms with Gasteiger partial charge in [0.2, 0.25) is 23.6 Å². The van der Waals surface area contributed by atoms with Crippen LogP contribution in [0, 0.1) is 73.6 Å². The predicted octanol–water partition coefficient (Wildman–Crippen LogP) is 4.82. The Morgan fingerprint density at radius 2 is 1.10 bits per heavy atom. The number of amides is 4. The van der Waals surface area contributed by atoms with Crippen LogP contribution in [0.3, 0.4) is 0 Å². The second-order valence-electron chi connectivity index (χ2n) is 15.1. The van der Waals surface area contributed by atoms with E-state index in [0.717, 1.165) is 34.1 Å². The molecule has 4 amide bonds. The summed E-state index contributed by atoms with van der Waals surface area (Å²) in [7, 11) is 6.73. The van der Waals surface area contributed by atoms with Gasteiger partial charge in [0.05, 0.1) is 65.4 Å². The molecule has 4 aliphatic rings. The summed E-state index contributed by atoms with van der Waals surface area (Å²) in [5, 5.41) is 59.6. The van der Waals surface area contributed by atoms with Gasteiger partial charge in [-0.3, -0.25) is 59.6 Å². The van der Waals surface area contributed by atoms with Crippen LogP contribution < -0.4 is 24.3 Å². The van der Waals surface area contributed by atoms with Gasteiger partial charge in [-0.15, -0.1) is 0 Å². The number of allylic oxidation sites excluding steroid dienone is 2. The number of benzene rings is 3. The van der Waals surface area contributed by atoms with Crippen molar-refractivity contribution in [2.24, 2.45) is 29.6 Å². The third kappa shape index (κ3) is 6.21. The van der Waals surface area contributed by atoms with Gasteiger partial charge in [-0.25, -0.2) is 9.80 Å². The summed E-state index contributed by atoms with van der Waals surface area (Å²) in [5.74, 6) is -10.4. The Hall–Kier alpha value is -6.79. The summed E-state index contributed by atoms with van der Waals surface area (Å²) in [5.41, 5.74) is -3.72. The molecule has 6 atom stereocenters. The summed E-state index contributed by atoms with van der Waals surface area (Å²) in [6.07, 6.45) is 1.39. The number of phenols is 1. The summed E-state index contributed by atoms with van der Waals surface area (Å²) in [6.45, 7) is 0. The van der Waals surface area contributed by atoms with Crippen molar-refractivity contribution >= 4 is 91.7 Å². The minimum absolute atomic E-state index is 0.00617. The summed E-state index contributed by atoms with van der Waals surface area (Å²) >= 11 is 1.85. The molecule has 0 aromatic heterocycles. The molecular formula is C37H33IN8O14. The molecule has 2 aliphatic carbocycles. The first-order valence-electron chi connectivity index (χ1n) is 18.0. The molecule has 3 fully saturated rings. The van der Waals surface area contributed by atoms with E-state index in [-0.39, 0.29) is 39.3 Å². The number of ether oxygens (including phenoxy) is 1. The van der Waals surface area contributed by atoms with Crippen LogP contribution in [0.4, 0.5) is 45.5 Å². The quantitative estimate of drug-likeness (QED) is 0.0938. The largest absolute Gasteiger partial charge is 0.504 e. The maximum absolute atomic E-state index is 14.7. The molecule has 22 nitrogen and oxygen atoms in total. The van der Waals surface area contributed by atoms with Crippen molar-refractivity contribution in [1.29, 1.82) is 0 Å². The number of carbonyl (C=O) groups is 4. The fraction of sp³-hybridized carbons (Fsp3) is 0.351. The van der Waals surface area contributed by atoms with Crippen LogP contribution in [0.15, 0.2) is 48.0 Å². The molecule has 1 N–H and O–H groups in total. The Kier molecular flexibility index (Phi) is 10.2. The predicted molar refractivity (Wildman–Crippen MR) is 218 cm³/mol. The lowest BCUT2D eigenvalue weighted by Crippen LogP contribution is -2.43. The van der Waals surface area contributed by atoms with Crippen LogP contribution in [0.5, 0.6) is 11.5 Å². The van der Waals surface area contributed by atoms with Crippen LogP contribution in [-0.4, -0.2) is 83.7 Å². The molecule has 2 saturated heterocycles. The molecule has 1 saturated carbocycles. The number of imide groups is 2. The van der Waals surface area contributed by atoms with Gasteiger partial charge in [-0.1, -0.05) is 11.6 Å². The number of nitro groups is 4. The van der Waals surface area contributed by atoms with Gasteiger partial charge in [0.1, 0.15) is 0 Å². The number of hydrogen-bond donors (Lipinski definition) is 1. The van der Waals surface area contributed by atoms with E-state index in [1.54, 1.807) is 12.1 Å². The molecule has 3 aromatic rings. The SMILES string of the molecule is COc1cc(C2C3=CCC4C(=O)N(c5cc([N+](=O)[O-])c(N(C)C)c([N+](=O)[O-])c5)C(=O)C4C3CC3C(=O)N(c4cc([N+](=O)[O-])c(N(C)C)c([N+](=O)[O-])c4)C(=O)C32)cc(I)c1O. The number of carbonyl (C=O) groups excluding carboxylic acids is 4. The number of halogens is 1. The van der Waals surface area contributed by atoms with E-state index >= 15 is 0 Å². The normalized spacial score (nSPS) is 23.1. The maximum atomic E-state index is 14.7. The zero-order valence-corrected chi connectivity index (χ0v) is 34.3. The first-order valence-corrected chi connectivity index (χ1v) is 19.1. The van der Waals surface area contributed by atoms with E-state index in [1.165, 1.54) is 41.4 Å². The number of fused-ring (bicyclic) bond motifs is 4. The number of phenolic OH excluding ortho intramolecular Hbond substituents is 1. The third-order valence-electron chi connectivity index (χ3n) is 11.6. The van der Waals surface area contributed by atoms with Gasteiger partial charge < -0.3 is 19.6 Å². The van der Waals surface area contributed by atoms with Crippen molar-refractivity contribution in [3.63, 3.8) is 0 Å². The van der Waals surface area contributed by atoms with Gasteiger partial charge >= 0.3 is 22.7 Å². The lowest BCUT2D eigenvalue weighted by molar-refractivity contribution is -0.392. The molecule has 0 spiro atoms. The topological polar surface area (TPSA) is 283 Å². The molecule has 0 radical (unpaired) electrons. The van der Waals surface area contributed by atoms with Crippen LogP contribution in [0.25, 0.3) is 0 Å². The van der Waals surface area contributed by atoms with E-state index < -0.39 is 113 Å². The van der Waals surface area contributed by atoms with Gasteiger partial charge in [-0.05, 0) is 59.0 Å². The molecule has 0 bridgehead atoms. The monoisotopic (exact) mass is 940 g/mol. The van der Waals surface area contributed by atoms with Gasteiger partial charge in [0.15, 0.2) is 22.9 Å². The van der Waals surface area contributed by atoms with E-state index in [0.29, 0.717) is 20.9 Å². The number of rotatable bonds is 10. The highest BCUT2D eigenvalue weighted by molar-refractivity contribution is 14.1. The number of nitro benzene ring substituents is 4. The Labute approximate surface area is 351 Å². The van der Waals surface area contributed by atoms with Crippen molar-refractivity contribution < 1.29 is 48.7 Å². The number of nitrogens with zero attached hydrogens (tertiary/aromatic N) is 8. The zero-order valence-electron chi connectivity index (χ0n) is 32.1. The average Bonchev–Trinajstić information content (AvgIpc) is 3.59. The minimum atomic E-state index is -1.26. The first-order chi connectivity index (χ1) is 28.2. The van der Waals surface area contributed by atoms with Gasteiger partial charge in [0.25, 0.3) is 0 Å². The second kappa shape index (κ2) is 14.8. The van der Waals surface area contributed by atoms with Crippen LogP contribution >= 0.6 is 22.6 Å². The molecule has 23 heteroatoms. The first kappa shape index (κ1) is 41.4. The van der Waals surface area contributed by atoms with E-state index in [4.69, 9.17) is 4.74 Å². The fourth-order valence-electron chi connectivity index (χ4n) is 9.31. The minimum Gasteiger partial charge on any atom is -0.504 e. The molecule has 3 aromatic carbocycles. The molecule has 7 rings (SSSR count). The van der Waals surface area contributed by atoms with E-state index in [2.05, 4.69) is 0 Å². The summed E-state index contributed by atoms with van der Waals surface area (Å²) in [6, 6.07) is 6.62.